The lowest BCUT2D eigenvalue weighted by atomic mass is 10.3. The van der Waals surface area contributed by atoms with Gasteiger partial charge in [-0.1, -0.05) is 0 Å². The summed E-state index contributed by atoms with van der Waals surface area (Å²) in [6.07, 6.45) is 0.927. The van der Waals surface area contributed by atoms with Crippen molar-refractivity contribution in [2.24, 2.45) is 0 Å². The molecule has 5 heteroatoms. The molecule has 0 bridgehead atoms. The van der Waals surface area contributed by atoms with Gasteiger partial charge in [-0.25, -0.2) is 14.2 Å². The van der Waals surface area contributed by atoms with Crippen molar-refractivity contribution in [1.82, 2.24) is 4.98 Å². The van der Waals surface area contributed by atoms with E-state index < -0.39 is 17.7 Å². The van der Waals surface area contributed by atoms with Crippen LogP contribution < -0.4 is 0 Å². The maximum absolute atomic E-state index is 12.5. The van der Waals surface area contributed by atoms with E-state index in [1.807, 2.05) is 0 Å². The van der Waals surface area contributed by atoms with E-state index in [1.54, 1.807) is 6.92 Å². The molecule has 0 aliphatic rings. The number of carbonyl (C=O) groups is 1. The highest BCUT2D eigenvalue weighted by Gasteiger charge is 2.10. The highest BCUT2D eigenvalue weighted by Crippen LogP contribution is 2.06. The molecule has 0 radical (unpaired) electrons. The molecule has 0 aliphatic carbocycles. The SMILES string of the molecule is CCOC(=O)c1cnc(F)c(F)c1. The third-order valence-electron chi connectivity index (χ3n) is 1.31. The van der Waals surface area contributed by atoms with Crippen LogP contribution in [0.1, 0.15) is 17.3 Å². The minimum Gasteiger partial charge on any atom is -0.462 e. The number of pyridine rings is 1. The van der Waals surface area contributed by atoms with E-state index in [1.165, 1.54) is 0 Å². The number of hydrogen-bond acceptors (Lipinski definition) is 3. The smallest absolute Gasteiger partial charge is 0.339 e. The van der Waals surface area contributed by atoms with Crippen molar-refractivity contribution < 1.29 is 18.3 Å². The van der Waals surface area contributed by atoms with E-state index in [-0.39, 0.29) is 12.2 Å². The number of esters is 1. The number of hydrogen-bond donors (Lipinski definition) is 0. The zero-order valence-corrected chi connectivity index (χ0v) is 6.88. The minimum atomic E-state index is -1.23. The largest absolute Gasteiger partial charge is 0.462 e. The maximum Gasteiger partial charge on any atom is 0.339 e. The lowest BCUT2D eigenvalue weighted by molar-refractivity contribution is 0.0525. The molecule has 70 valence electrons. The van der Waals surface area contributed by atoms with Gasteiger partial charge in [-0.2, -0.15) is 4.39 Å². The van der Waals surface area contributed by atoms with E-state index in [9.17, 15) is 13.6 Å². The second-order valence-electron chi connectivity index (χ2n) is 2.22. The second-order valence-corrected chi connectivity index (χ2v) is 2.22. The predicted octanol–water partition coefficient (Wildman–Crippen LogP) is 1.54. The molecule has 0 N–H and O–H groups in total. The summed E-state index contributed by atoms with van der Waals surface area (Å²) >= 11 is 0. The minimum absolute atomic E-state index is 0.0965. The fourth-order valence-corrected chi connectivity index (χ4v) is 0.747. The van der Waals surface area contributed by atoms with Gasteiger partial charge in [-0.15, -0.1) is 0 Å². The summed E-state index contributed by atoms with van der Waals surface area (Å²) in [6.45, 7) is 1.79. The van der Waals surface area contributed by atoms with Gasteiger partial charge < -0.3 is 4.74 Å². The maximum atomic E-state index is 12.5. The average Bonchev–Trinajstić information content (AvgIpc) is 2.10. The van der Waals surface area contributed by atoms with Crippen LogP contribution in [0.2, 0.25) is 0 Å². The first-order valence-corrected chi connectivity index (χ1v) is 3.63. The van der Waals surface area contributed by atoms with Gasteiger partial charge in [0.15, 0.2) is 5.82 Å². The van der Waals surface area contributed by atoms with Crippen LogP contribution >= 0.6 is 0 Å². The molecule has 0 saturated heterocycles. The standard InChI is InChI=1S/C8H7F2NO2/c1-2-13-8(12)5-3-6(9)7(10)11-4-5/h3-4H,2H2,1H3. The molecule has 0 amide bonds. The summed E-state index contributed by atoms with van der Waals surface area (Å²) in [6, 6.07) is 0.750. The van der Waals surface area contributed by atoms with Gasteiger partial charge in [0.1, 0.15) is 0 Å². The average molecular weight is 187 g/mol. The Bertz CT molecular complexity index is 328. The fourth-order valence-electron chi connectivity index (χ4n) is 0.747. The molecule has 1 aromatic rings. The van der Waals surface area contributed by atoms with Crippen LogP contribution in [0, 0.1) is 11.8 Å². The van der Waals surface area contributed by atoms with Gasteiger partial charge in [-0.3, -0.25) is 0 Å². The van der Waals surface area contributed by atoms with Crippen molar-refractivity contribution in [3.05, 3.63) is 29.6 Å². The molecule has 1 aromatic heterocycles. The van der Waals surface area contributed by atoms with Gasteiger partial charge in [0.25, 0.3) is 0 Å². The summed E-state index contributed by atoms with van der Waals surface area (Å²) in [5.41, 5.74) is -0.0965. The highest BCUT2D eigenvalue weighted by atomic mass is 19.2. The Labute approximate surface area is 73.4 Å². The lowest BCUT2D eigenvalue weighted by Crippen LogP contribution is -2.06. The molecular formula is C8H7F2NO2. The van der Waals surface area contributed by atoms with Crippen molar-refractivity contribution in [1.29, 1.82) is 0 Å². The molecule has 0 aromatic carbocycles. The molecule has 0 unspecified atom stereocenters. The van der Waals surface area contributed by atoms with Gasteiger partial charge in [0.2, 0.25) is 5.95 Å². The van der Waals surface area contributed by atoms with Crippen molar-refractivity contribution in [3.63, 3.8) is 0 Å². The van der Waals surface area contributed by atoms with Gasteiger partial charge in [0, 0.05) is 6.20 Å². The lowest BCUT2D eigenvalue weighted by Gasteiger charge is -2.00. The third kappa shape index (κ3) is 2.21. The topological polar surface area (TPSA) is 39.2 Å². The Kier molecular flexibility index (Phi) is 2.89. The number of ether oxygens (including phenoxy) is 1. The number of halogens is 2. The van der Waals surface area contributed by atoms with E-state index in [0.29, 0.717) is 0 Å². The molecule has 0 fully saturated rings. The van der Waals surface area contributed by atoms with Crippen LogP contribution in [0.15, 0.2) is 12.3 Å². The van der Waals surface area contributed by atoms with E-state index >= 15 is 0 Å². The van der Waals surface area contributed by atoms with Crippen LogP contribution in [-0.2, 0) is 4.74 Å². The molecule has 1 heterocycles. The third-order valence-corrected chi connectivity index (χ3v) is 1.31. The number of rotatable bonds is 2. The first-order valence-electron chi connectivity index (χ1n) is 3.63. The van der Waals surface area contributed by atoms with E-state index in [2.05, 4.69) is 9.72 Å². The molecule has 3 nitrogen and oxygen atoms in total. The Balaban J connectivity index is 2.90. The van der Waals surface area contributed by atoms with Crippen molar-refractivity contribution in [3.8, 4) is 0 Å². The zero-order chi connectivity index (χ0) is 9.84. The number of carbonyl (C=O) groups excluding carboxylic acids is 1. The molecule has 13 heavy (non-hydrogen) atoms. The molecule has 0 aliphatic heterocycles. The van der Waals surface area contributed by atoms with Crippen LogP contribution in [0.25, 0.3) is 0 Å². The fraction of sp³-hybridized carbons (Fsp3) is 0.250. The Hall–Kier alpha value is -1.52. The molecule has 0 spiro atoms. The van der Waals surface area contributed by atoms with Crippen LogP contribution in [0.4, 0.5) is 8.78 Å². The zero-order valence-electron chi connectivity index (χ0n) is 6.88. The van der Waals surface area contributed by atoms with Crippen molar-refractivity contribution in [2.75, 3.05) is 6.61 Å². The van der Waals surface area contributed by atoms with Crippen LogP contribution in [0.5, 0.6) is 0 Å². The monoisotopic (exact) mass is 187 g/mol. The van der Waals surface area contributed by atoms with E-state index in [0.717, 1.165) is 12.3 Å². The second kappa shape index (κ2) is 3.93. The molecule has 1 rings (SSSR count). The number of nitrogens with zero attached hydrogens (tertiary/aromatic N) is 1. The Morgan fingerprint density at radius 2 is 2.31 bits per heavy atom. The van der Waals surface area contributed by atoms with Crippen molar-refractivity contribution in [2.45, 2.75) is 6.92 Å². The van der Waals surface area contributed by atoms with Crippen molar-refractivity contribution >= 4 is 5.97 Å². The van der Waals surface area contributed by atoms with Crippen LogP contribution in [0.3, 0.4) is 0 Å². The molecular weight excluding hydrogens is 180 g/mol. The quantitative estimate of drug-likeness (QED) is 0.520. The molecule has 0 saturated carbocycles. The van der Waals surface area contributed by atoms with Gasteiger partial charge in [0.05, 0.1) is 12.2 Å². The summed E-state index contributed by atoms with van der Waals surface area (Å²) in [7, 11) is 0. The Morgan fingerprint density at radius 1 is 1.62 bits per heavy atom. The van der Waals surface area contributed by atoms with Gasteiger partial charge >= 0.3 is 5.97 Å². The normalized spacial score (nSPS) is 9.77. The Morgan fingerprint density at radius 3 is 2.85 bits per heavy atom. The summed E-state index contributed by atoms with van der Waals surface area (Å²) in [4.78, 5) is 14.0. The van der Waals surface area contributed by atoms with Crippen LogP contribution in [-0.4, -0.2) is 17.6 Å². The highest BCUT2D eigenvalue weighted by molar-refractivity contribution is 5.88. The van der Waals surface area contributed by atoms with E-state index in [4.69, 9.17) is 0 Å². The molecule has 0 atom stereocenters. The predicted molar refractivity (Wildman–Crippen MR) is 40.1 cm³/mol. The summed E-state index contributed by atoms with van der Waals surface area (Å²) < 4.78 is 29.4. The number of aromatic nitrogens is 1. The summed E-state index contributed by atoms with van der Waals surface area (Å²) in [5.74, 6) is -3.10. The summed E-state index contributed by atoms with van der Waals surface area (Å²) in [5, 5.41) is 0. The first-order chi connectivity index (χ1) is 6.15. The van der Waals surface area contributed by atoms with Gasteiger partial charge in [-0.05, 0) is 13.0 Å². The first kappa shape index (κ1) is 9.57.